The van der Waals surface area contributed by atoms with Crippen LogP contribution >= 0.6 is 11.6 Å². The Hall–Kier alpha value is -2.58. The lowest BCUT2D eigenvalue weighted by Gasteiger charge is -2.38. The molecule has 154 valence electrons. The number of ether oxygens (including phenoxy) is 2. The van der Waals surface area contributed by atoms with Gasteiger partial charge < -0.3 is 14.8 Å². The molecule has 0 radical (unpaired) electrons. The van der Waals surface area contributed by atoms with Crippen LogP contribution in [0.5, 0.6) is 5.75 Å². The van der Waals surface area contributed by atoms with E-state index in [1.807, 2.05) is 36.4 Å². The van der Waals surface area contributed by atoms with E-state index in [4.69, 9.17) is 21.1 Å². The van der Waals surface area contributed by atoms with Gasteiger partial charge in [-0.3, -0.25) is 0 Å². The molecular formula is C25H25ClN2O2. The summed E-state index contributed by atoms with van der Waals surface area (Å²) in [5.74, 6) is 0.599. The molecule has 4 nitrogen and oxygen atoms in total. The van der Waals surface area contributed by atoms with Gasteiger partial charge in [0.25, 0.3) is 0 Å². The minimum absolute atomic E-state index is 0.0499. The minimum atomic E-state index is -0.0499. The quantitative estimate of drug-likeness (QED) is 0.594. The largest absolute Gasteiger partial charge is 0.495 e. The van der Waals surface area contributed by atoms with Crippen molar-refractivity contribution in [3.63, 3.8) is 0 Å². The highest BCUT2D eigenvalue weighted by atomic mass is 35.5. The number of rotatable bonds is 6. The van der Waals surface area contributed by atoms with E-state index in [2.05, 4.69) is 29.6 Å². The predicted molar refractivity (Wildman–Crippen MR) is 120 cm³/mol. The van der Waals surface area contributed by atoms with Crippen molar-refractivity contribution in [1.82, 2.24) is 5.32 Å². The zero-order valence-electron chi connectivity index (χ0n) is 17.1. The molecule has 3 aromatic rings. The first kappa shape index (κ1) is 20.7. The van der Waals surface area contributed by atoms with Crippen LogP contribution in [0.1, 0.15) is 29.5 Å². The zero-order valence-corrected chi connectivity index (χ0v) is 17.8. The number of nitrogens with one attached hydrogen (secondary N) is 1. The molecule has 0 saturated carbocycles. The van der Waals surface area contributed by atoms with Crippen molar-refractivity contribution in [3.05, 3.63) is 76.3 Å². The first-order valence-corrected chi connectivity index (χ1v) is 10.6. The number of benzene rings is 3. The molecule has 30 heavy (non-hydrogen) atoms. The van der Waals surface area contributed by atoms with E-state index in [1.54, 1.807) is 7.11 Å². The smallest absolute Gasteiger partial charge is 0.142 e. The number of fused-ring (bicyclic) bond motifs is 1. The van der Waals surface area contributed by atoms with Crippen molar-refractivity contribution in [1.29, 1.82) is 5.26 Å². The van der Waals surface area contributed by atoms with Crippen molar-refractivity contribution in [2.24, 2.45) is 0 Å². The molecule has 1 saturated heterocycles. The lowest BCUT2D eigenvalue weighted by Crippen LogP contribution is -2.43. The van der Waals surface area contributed by atoms with Crippen LogP contribution in [-0.4, -0.2) is 26.8 Å². The van der Waals surface area contributed by atoms with Crippen LogP contribution < -0.4 is 10.1 Å². The highest BCUT2D eigenvalue weighted by molar-refractivity contribution is 6.30. The summed E-state index contributed by atoms with van der Waals surface area (Å²) in [7, 11) is 1.61. The Morgan fingerprint density at radius 3 is 2.53 bits per heavy atom. The van der Waals surface area contributed by atoms with Gasteiger partial charge in [0.05, 0.1) is 25.9 Å². The van der Waals surface area contributed by atoms with Gasteiger partial charge in [0.2, 0.25) is 0 Å². The standard InChI is InChI=1S/C25H25ClN2O2/c1-29-24-19(15-27)14-18-4-2-3-5-22(18)23(24)16-30-17-25(10-12-28-13-11-25)20-6-8-21(26)9-7-20/h2-9,14,28H,10-13,16-17H2,1H3. The van der Waals surface area contributed by atoms with Gasteiger partial charge >= 0.3 is 0 Å². The Balaban J connectivity index is 1.63. The van der Waals surface area contributed by atoms with Crippen LogP contribution in [0.2, 0.25) is 5.02 Å². The van der Waals surface area contributed by atoms with Gasteiger partial charge in [-0.25, -0.2) is 0 Å². The fourth-order valence-corrected chi connectivity index (χ4v) is 4.56. The molecule has 1 fully saturated rings. The molecule has 0 aliphatic carbocycles. The Kier molecular flexibility index (Phi) is 6.24. The van der Waals surface area contributed by atoms with Crippen molar-refractivity contribution in [2.75, 3.05) is 26.8 Å². The van der Waals surface area contributed by atoms with Crippen molar-refractivity contribution in [2.45, 2.75) is 24.9 Å². The maximum absolute atomic E-state index is 9.59. The topological polar surface area (TPSA) is 54.3 Å². The van der Waals surface area contributed by atoms with Crippen molar-refractivity contribution < 1.29 is 9.47 Å². The first-order valence-electron chi connectivity index (χ1n) is 10.2. The molecule has 4 rings (SSSR count). The molecule has 0 aromatic heterocycles. The molecule has 0 unspecified atom stereocenters. The van der Waals surface area contributed by atoms with E-state index >= 15 is 0 Å². The number of piperidine rings is 1. The monoisotopic (exact) mass is 420 g/mol. The number of methoxy groups -OCH3 is 1. The predicted octanol–water partition coefficient (Wildman–Crippen LogP) is 5.21. The number of halogens is 1. The van der Waals surface area contributed by atoms with Crippen LogP contribution in [-0.2, 0) is 16.8 Å². The Labute approximate surface area is 182 Å². The molecule has 0 bridgehead atoms. The second-order valence-corrected chi connectivity index (χ2v) is 8.24. The van der Waals surface area contributed by atoms with Crippen molar-refractivity contribution in [3.8, 4) is 11.8 Å². The fraction of sp³-hybridized carbons (Fsp3) is 0.320. The van der Waals surface area contributed by atoms with Crippen LogP contribution in [0.3, 0.4) is 0 Å². The average molecular weight is 421 g/mol. The summed E-state index contributed by atoms with van der Waals surface area (Å²) >= 11 is 6.11. The zero-order chi connectivity index (χ0) is 21.0. The second kappa shape index (κ2) is 9.06. The van der Waals surface area contributed by atoms with Gasteiger partial charge in [-0.05, 0) is 60.5 Å². The summed E-state index contributed by atoms with van der Waals surface area (Å²) in [5.41, 5.74) is 2.67. The van der Waals surface area contributed by atoms with E-state index < -0.39 is 0 Å². The highest BCUT2D eigenvalue weighted by Crippen LogP contribution is 2.36. The second-order valence-electron chi connectivity index (χ2n) is 7.80. The molecule has 3 aromatic carbocycles. The van der Waals surface area contributed by atoms with E-state index in [9.17, 15) is 5.26 Å². The molecule has 5 heteroatoms. The summed E-state index contributed by atoms with van der Waals surface area (Å²) in [4.78, 5) is 0. The normalized spacial score (nSPS) is 15.6. The summed E-state index contributed by atoms with van der Waals surface area (Å²) in [5, 5.41) is 15.8. The molecule has 0 atom stereocenters. The van der Waals surface area contributed by atoms with Gasteiger partial charge in [-0.15, -0.1) is 0 Å². The SMILES string of the molecule is COc1c(C#N)cc2ccccc2c1COCC1(c2ccc(Cl)cc2)CCNCC1. The molecular weight excluding hydrogens is 396 g/mol. The first-order chi connectivity index (χ1) is 14.7. The van der Waals surface area contributed by atoms with E-state index in [-0.39, 0.29) is 5.41 Å². The Morgan fingerprint density at radius 2 is 1.83 bits per heavy atom. The molecule has 0 amide bonds. The van der Waals surface area contributed by atoms with E-state index in [0.29, 0.717) is 24.5 Å². The average Bonchev–Trinajstić information content (AvgIpc) is 2.79. The van der Waals surface area contributed by atoms with Crippen LogP contribution in [0.15, 0.2) is 54.6 Å². The lowest BCUT2D eigenvalue weighted by molar-refractivity contribution is 0.0561. The molecule has 1 heterocycles. The number of hydrogen-bond donors (Lipinski definition) is 1. The molecule has 1 N–H and O–H groups in total. The number of nitriles is 1. The van der Waals surface area contributed by atoms with Crippen LogP contribution in [0, 0.1) is 11.3 Å². The Morgan fingerprint density at radius 1 is 1.10 bits per heavy atom. The third kappa shape index (κ3) is 4.02. The van der Waals surface area contributed by atoms with Crippen LogP contribution in [0.4, 0.5) is 0 Å². The minimum Gasteiger partial charge on any atom is -0.495 e. The van der Waals surface area contributed by atoms with Gasteiger partial charge in [-0.1, -0.05) is 48.0 Å². The van der Waals surface area contributed by atoms with Crippen LogP contribution in [0.25, 0.3) is 10.8 Å². The summed E-state index contributed by atoms with van der Waals surface area (Å²) in [6, 6.07) is 20.3. The maximum Gasteiger partial charge on any atom is 0.142 e. The van der Waals surface area contributed by atoms with E-state index in [1.165, 1.54) is 5.56 Å². The summed E-state index contributed by atoms with van der Waals surface area (Å²) in [6.07, 6.45) is 2.01. The summed E-state index contributed by atoms with van der Waals surface area (Å²) in [6.45, 7) is 2.91. The Bertz CT molecular complexity index is 1070. The van der Waals surface area contributed by atoms with E-state index in [0.717, 1.165) is 47.3 Å². The number of nitrogens with zero attached hydrogens (tertiary/aromatic N) is 1. The lowest BCUT2D eigenvalue weighted by atomic mass is 9.74. The number of hydrogen-bond acceptors (Lipinski definition) is 4. The van der Waals surface area contributed by atoms with Gasteiger partial charge in [0, 0.05) is 16.0 Å². The fourth-order valence-electron chi connectivity index (χ4n) is 4.44. The van der Waals surface area contributed by atoms with Gasteiger partial charge in [-0.2, -0.15) is 5.26 Å². The highest BCUT2D eigenvalue weighted by Gasteiger charge is 2.34. The maximum atomic E-state index is 9.59. The van der Waals surface area contributed by atoms with Crippen molar-refractivity contribution >= 4 is 22.4 Å². The molecule has 1 aliphatic rings. The molecule has 0 spiro atoms. The third-order valence-electron chi connectivity index (χ3n) is 6.07. The van der Waals surface area contributed by atoms with Gasteiger partial charge in [0.15, 0.2) is 0 Å². The van der Waals surface area contributed by atoms with Gasteiger partial charge in [0.1, 0.15) is 11.8 Å². The third-order valence-corrected chi connectivity index (χ3v) is 6.32. The summed E-state index contributed by atoms with van der Waals surface area (Å²) < 4.78 is 12.0. The molecule has 1 aliphatic heterocycles.